The zero-order valence-corrected chi connectivity index (χ0v) is 29.6. The van der Waals surface area contributed by atoms with Gasteiger partial charge in [-0.05, 0) is 133 Å². The Morgan fingerprint density at radius 1 is 0.385 bits per heavy atom. The average Bonchev–Trinajstić information content (AvgIpc) is 3.64. The van der Waals surface area contributed by atoms with Crippen molar-refractivity contribution in [2.24, 2.45) is 14.1 Å². The number of hydrogen-bond acceptors (Lipinski definition) is 2. The Hall–Kier alpha value is -6.52. The Balaban J connectivity index is 1.28. The summed E-state index contributed by atoms with van der Waals surface area (Å²) in [5.41, 5.74) is 14.0. The van der Waals surface area contributed by atoms with E-state index in [-0.39, 0.29) is 0 Å². The molecule has 4 heteroatoms. The van der Waals surface area contributed by atoms with Crippen LogP contribution in [-0.2, 0) is 14.1 Å². The van der Waals surface area contributed by atoms with Crippen molar-refractivity contribution in [1.82, 2.24) is 19.1 Å². The molecule has 0 aliphatic rings. The number of benzene rings is 8. The quantitative estimate of drug-likeness (QED) is 0.175. The van der Waals surface area contributed by atoms with Crippen LogP contribution in [0.15, 0.2) is 146 Å². The highest BCUT2D eigenvalue weighted by molar-refractivity contribution is 6.19. The van der Waals surface area contributed by atoms with Crippen molar-refractivity contribution in [3.8, 4) is 44.5 Å². The Labute approximate surface area is 302 Å². The third-order valence-corrected chi connectivity index (χ3v) is 11.1. The second kappa shape index (κ2) is 11.5. The Morgan fingerprint density at radius 2 is 0.904 bits per heavy atom. The predicted octanol–water partition coefficient (Wildman–Crippen LogP) is 12.2. The Morgan fingerprint density at radius 3 is 1.48 bits per heavy atom. The van der Waals surface area contributed by atoms with Gasteiger partial charge in [0.2, 0.25) is 0 Å². The maximum Gasteiger partial charge on any atom is 0.106 e. The molecular formula is C48H36N4. The first-order valence-electron chi connectivity index (χ1n) is 17.9. The molecule has 0 spiro atoms. The fourth-order valence-electron chi connectivity index (χ4n) is 8.15. The predicted molar refractivity (Wildman–Crippen MR) is 219 cm³/mol. The van der Waals surface area contributed by atoms with Crippen molar-refractivity contribution in [3.63, 3.8) is 0 Å². The molecule has 0 bridgehead atoms. The van der Waals surface area contributed by atoms with Gasteiger partial charge in [-0.2, -0.15) is 0 Å². The van der Waals surface area contributed by atoms with Gasteiger partial charge in [0.1, 0.15) is 11.6 Å². The molecule has 0 N–H and O–H groups in total. The average molecular weight is 669 g/mol. The molecule has 2 aromatic heterocycles. The molecule has 0 unspecified atom stereocenters. The topological polar surface area (TPSA) is 35.6 Å². The van der Waals surface area contributed by atoms with E-state index in [1.54, 1.807) is 0 Å². The molecule has 8 aromatic carbocycles. The van der Waals surface area contributed by atoms with Crippen LogP contribution in [0, 0.1) is 13.8 Å². The Kier molecular flexibility index (Phi) is 6.71. The molecule has 4 nitrogen and oxygen atoms in total. The third-order valence-electron chi connectivity index (χ3n) is 11.1. The van der Waals surface area contributed by atoms with Crippen molar-refractivity contribution in [2.45, 2.75) is 13.8 Å². The summed E-state index contributed by atoms with van der Waals surface area (Å²) in [6, 6.07) is 53.7. The monoisotopic (exact) mass is 668 g/mol. The number of hydrogen-bond donors (Lipinski definition) is 0. The molecule has 0 saturated carbocycles. The molecule has 0 atom stereocenters. The third kappa shape index (κ3) is 4.68. The summed E-state index contributed by atoms with van der Waals surface area (Å²) in [6.45, 7) is 4.13. The summed E-state index contributed by atoms with van der Waals surface area (Å²) in [6.07, 6.45) is 0. The van der Waals surface area contributed by atoms with E-state index in [0.717, 1.165) is 33.7 Å². The first kappa shape index (κ1) is 30.3. The zero-order chi connectivity index (χ0) is 35.1. The van der Waals surface area contributed by atoms with E-state index in [1.165, 1.54) is 76.8 Å². The van der Waals surface area contributed by atoms with E-state index < -0.39 is 0 Å². The second-order valence-electron chi connectivity index (χ2n) is 14.0. The first-order chi connectivity index (χ1) is 25.4. The molecule has 248 valence electrons. The van der Waals surface area contributed by atoms with Gasteiger partial charge in [-0.25, -0.2) is 9.97 Å². The largest absolute Gasteiger partial charge is 0.331 e. The minimum Gasteiger partial charge on any atom is -0.331 e. The molecule has 0 amide bonds. The van der Waals surface area contributed by atoms with E-state index >= 15 is 0 Å². The van der Waals surface area contributed by atoms with E-state index in [0.29, 0.717) is 0 Å². The molecule has 0 saturated heterocycles. The van der Waals surface area contributed by atoms with Gasteiger partial charge in [0.15, 0.2) is 0 Å². The lowest BCUT2D eigenvalue weighted by Gasteiger charge is -2.18. The van der Waals surface area contributed by atoms with Gasteiger partial charge in [0.25, 0.3) is 0 Å². The van der Waals surface area contributed by atoms with E-state index in [1.807, 2.05) is 0 Å². The molecule has 52 heavy (non-hydrogen) atoms. The minimum absolute atomic E-state index is 1.01. The second-order valence-corrected chi connectivity index (χ2v) is 14.0. The SMILES string of the molecule is Cc1nc2ccc(-c3cccc4c(-c5ccc6ccc(-c7ccccc7)cc6c5)c5cccc(-c6ccc7nc(C)n(C)c7c6)c5cc34)cc2n1C. The van der Waals surface area contributed by atoms with Crippen LogP contribution in [0.5, 0.6) is 0 Å². The maximum atomic E-state index is 4.79. The van der Waals surface area contributed by atoms with Crippen molar-refractivity contribution >= 4 is 54.4 Å². The number of fused-ring (bicyclic) bond motifs is 5. The van der Waals surface area contributed by atoms with Crippen LogP contribution in [0.1, 0.15) is 11.6 Å². The molecule has 0 radical (unpaired) electrons. The fourth-order valence-corrected chi connectivity index (χ4v) is 8.15. The number of rotatable bonds is 4. The summed E-state index contributed by atoms with van der Waals surface area (Å²) >= 11 is 0. The summed E-state index contributed by atoms with van der Waals surface area (Å²) in [7, 11) is 4.19. The molecule has 10 aromatic rings. The maximum absolute atomic E-state index is 4.79. The molecule has 0 aliphatic heterocycles. The molecule has 10 rings (SSSR count). The number of aromatic nitrogens is 4. The summed E-state index contributed by atoms with van der Waals surface area (Å²) in [5, 5.41) is 7.39. The normalized spacial score (nSPS) is 11.8. The van der Waals surface area contributed by atoms with Gasteiger partial charge in [0.05, 0.1) is 22.1 Å². The summed E-state index contributed by atoms with van der Waals surface area (Å²) < 4.78 is 4.36. The first-order valence-corrected chi connectivity index (χ1v) is 17.9. The Bertz CT molecular complexity index is 2910. The number of aryl methyl sites for hydroxylation is 4. The van der Waals surface area contributed by atoms with Crippen molar-refractivity contribution in [1.29, 1.82) is 0 Å². The smallest absolute Gasteiger partial charge is 0.106 e. The van der Waals surface area contributed by atoms with Gasteiger partial charge in [-0.15, -0.1) is 0 Å². The molecule has 2 heterocycles. The van der Waals surface area contributed by atoms with Crippen LogP contribution in [0.3, 0.4) is 0 Å². The van der Waals surface area contributed by atoms with Gasteiger partial charge < -0.3 is 9.13 Å². The number of nitrogens with zero attached hydrogens (tertiary/aromatic N) is 4. The van der Waals surface area contributed by atoms with Crippen molar-refractivity contribution < 1.29 is 0 Å². The van der Waals surface area contributed by atoms with E-state index in [4.69, 9.17) is 9.97 Å². The van der Waals surface area contributed by atoms with Crippen LogP contribution in [0.25, 0.3) is 98.9 Å². The van der Waals surface area contributed by atoms with Crippen molar-refractivity contribution in [2.75, 3.05) is 0 Å². The van der Waals surface area contributed by atoms with Gasteiger partial charge >= 0.3 is 0 Å². The summed E-state index contributed by atoms with van der Waals surface area (Å²) in [5.74, 6) is 2.02. The highest BCUT2D eigenvalue weighted by Crippen LogP contribution is 2.44. The standard InChI is InChI=1S/C48H36N4/c1-29-49-44-22-20-34(26-46(44)51(29)3)38-12-8-14-40-42(38)28-43-39(35-21-23-45-47(27-35)52(4)30(2)50-45)13-9-15-41(43)48(40)36-19-17-32-16-18-33(24-37(32)25-36)31-10-6-5-7-11-31/h5-28H,1-4H3. The van der Waals surface area contributed by atoms with Crippen LogP contribution < -0.4 is 0 Å². The number of imidazole rings is 2. The highest BCUT2D eigenvalue weighted by atomic mass is 15.1. The molecule has 0 aliphatic carbocycles. The van der Waals surface area contributed by atoms with Crippen LogP contribution in [-0.4, -0.2) is 19.1 Å². The zero-order valence-electron chi connectivity index (χ0n) is 29.6. The summed E-state index contributed by atoms with van der Waals surface area (Å²) in [4.78, 5) is 9.57. The van der Waals surface area contributed by atoms with E-state index in [2.05, 4.69) is 183 Å². The lowest BCUT2D eigenvalue weighted by Crippen LogP contribution is -1.93. The lowest BCUT2D eigenvalue weighted by molar-refractivity contribution is 0.886. The van der Waals surface area contributed by atoms with Gasteiger partial charge in [-0.3, -0.25) is 0 Å². The van der Waals surface area contributed by atoms with Crippen molar-refractivity contribution in [3.05, 3.63) is 157 Å². The molecule has 0 fully saturated rings. The lowest BCUT2D eigenvalue weighted by atomic mass is 9.85. The van der Waals surface area contributed by atoms with Crippen LogP contribution in [0.2, 0.25) is 0 Å². The minimum atomic E-state index is 1.01. The van der Waals surface area contributed by atoms with Gasteiger partial charge in [-0.1, -0.05) is 103 Å². The molecular weight excluding hydrogens is 633 g/mol. The van der Waals surface area contributed by atoms with Gasteiger partial charge in [0, 0.05) is 14.1 Å². The van der Waals surface area contributed by atoms with Crippen LogP contribution >= 0.6 is 0 Å². The van der Waals surface area contributed by atoms with Crippen LogP contribution in [0.4, 0.5) is 0 Å². The highest BCUT2D eigenvalue weighted by Gasteiger charge is 2.18. The van der Waals surface area contributed by atoms with E-state index in [9.17, 15) is 0 Å². The fraction of sp³-hybridized carbons (Fsp3) is 0.0833.